The maximum absolute atomic E-state index is 9.21. The largest absolute Gasteiger partial charge is 0.390 e. The summed E-state index contributed by atoms with van der Waals surface area (Å²) in [5, 5.41) is 37.7. The van der Waals surface area contributed by atoms with E-state index in [1.54, 1.807) is 5.32 Å². The first-order chi connectivity index (χ1) is 5.16. The van der Waals surface area contributed by atoms with Gasteiger partial charge in [-0.25, -0.2) is 0 Å². The highest BCUT2D eigenvalue weighted by molar-refractivity contribution is 4.82. The molecule has 1 aliphatic rings. The zero-order valence-electron chi connectivity index (χ0n) is 6.09. The van der Waals surface area contributed by atoms with Gasteiger partial charge in [-0.1, -0.05) is 0 Å². The molecule has 1 rings (SSSR count). The summed E-state index contributed by atoms with van der Waals surface area (Å²) in [5.41, 5.74) is 0. The normalized spacial score (nSPS) is 45.8. The molecule has 0 saturated carbocycles. The quantitative estimate of drug-likeness (QED) is 0.273. The van der Waals surface area contributed by atoms with Gasteiger partial charge >= 0.3 is 0 Å². The highest BCUT2D eigenvalue weighted by atomic mass is 16.4. The molecule has 0 aromatic heterocycles. The molecule has 1 fully saturated rings. The Balaban J connectivity index is 2.52. The Hall–Kier alpha value is -0.200. The molecule has 0 aromatic rings. The molecule has 1 aliphatic heterocycles. The average molecular weight is 164 g/mol. The molecule has 0 amide bonds. The lowest BCUT2D eigenvalue weighted by Crippen LogP contribution is -2.99. The van der Waals surface area contributed by atoms with Crippen molar-refractivity contribution < 1.29 is 25.7 Å². The number of rotatable bonds is 1. The van der Waals surface area contributed by atoms with Crippen molar-refractivity contribution in [2.75, 3.05) is 13.2 Å². The van der Waals surface area contributed by atoms with Gasteiger partial charge in [0.1, 0.15) is 30.9 Å². The molecule has 6 N–H and O–H groups in total. The van der Waals surface area contributed by atoms with E-state index in [4.69, 9.17) is 15.3 Å². The molecule has 11 heavy (non-hydrogen) atoms. The van der Waals surface area contributed by atoms with Crippen LogP contribution in [0.4, 0.5) is 0 Å². The van der Waals surface area contributed by atoms with Crippen LogP contribution in [0.15, 0.2) is 0 Å². The summed E-state index contributed by atoms with van der Waals surface area (Å²) in [6.07, 6.45) is -3.06. The van der Waals surface area contributed by atoms with Gasteiger partial charge in [0.25, 0.3) is 0 Å². The lowest BCUT2D eigenvalue weighted by atomic mass is 9.97. The fraction of sp³-hybridized carbons (Fsp3) is 1.00. The first-order valence-corrected chi connectivity index (χ1v) is 3.65. The van der Waals surface area contributed by atoms with Crippen molar-refractivity contribution >= 4 is 0 Å². The minimum absolute atomic E-state index is 0.190. The number of aliphatic hydroxyl groups is 4. The smallest absolute Gasteiger partial charge is 0.138 e. The molecule has 5 heteroatoms. The van der Waals surface area contributed by atoms with Crippen LogP contribution in [0, 0.1) is 0 Å². The third-order valence-corrected chi connectivity index (χ3v) is 2.07. The predicted molar refractivity (Wildman–Crippen MR) is 35.7 cm³/mol. The Morgan fingerprint density at radius 1 is 1.18 bits per heavy atom. The number of hydrogen-bond donors (Lipinski definition) is 5. The standard InChI is InChI=1S/C6H13NO4/c8-2-3-5(10)6(11)4(9)1-7-3/h3-11H,1-2H2/p+1. The minimum Gasteiger partial charge on any atom is -0.390 e. The fourth-order valence-electron chi connectivity index (χ4n) is 1.26. The van der Waals surface area contributed by atoms with Crippen molar-refractivity contribution in [2.24, 2.45) is 0 Å². The Kier molecular flexibility index (Phi) is 2.80. The highest BCUT2D eigenvalue weighted by Gasteiger charge is 2.38. The van der Waals surface area contributed by atoms with E-state index in [0.29, 0.717) is 6.54 Å². The van der Waals surface area contributed by atoms with Gasteiger partial charge in [0.05, 0.1) is 6.61 Å². The third-order valence-electron chi connectivity index (χ3n) is 2.07. The lowest BCUT2D eigenvalue weighted by molar-refractivity contribution is -0.716. The Bertz CT molecular complexity index is 130. The Labute approximate surface area is 64.3 Å². The van der Waals surface area contributed by atoms with Gasteiger partial charge in [-0.2, -0.15) is 0 Å². The van der Waals surface area contributed by atoms with Crippen LogP contribution < -0.4 is 5.32 Å². The average Bonchev–Trinajstić information content (AvgIpc) is 2.01. The van der Waals surface area contributed by atoms with Crippen molar-refractivity contribution in [3.05, 3.63) is 0 Å². The summed E-state index contributed by atoms with van der Waals surface area (Å²) in [6.45, 7) is 0.133. The lowest BCUT2D eigenvalue weighted by Gasteiger charge is -2.31. The van der Waals surface area contributed by atoms with Gasteiger partial charge < -0.3 is 25.7 Å². The number of aliphatic hydroxyl groups excluding tert-OH is 4. The third kappa shape index (κ3) is 1.69. The van der Waals surface area contributed by atoms with Crippen molar-refractivity contribution in [1.82, 2.24) is 0 Å². The number of piperidine rings is 1. The van der Waals surface area contributed by atoms with E-state index in [0.717, 1.165) is 0 Å². The van der Waals surface area contributed by atoms with Crippen molar-refractivity contribution in [3.63, 3.8) is 0 Å². The van der Waals surface area contributed by atoms with Gasteiger partial charge in [-0.15, -0.1) is 0 Å². The predicted octanol–water partition coefficient (Wildman–Crippen LogP) is -3.99. The summed E-state index contributed by atoms with van der Waals surface area (Å²) in [4.78, 5) is 0. The van der Waals surface area contributed by atoms with Crippen molar-refractivity contribution in [1.29, 1.82) is 0 Å². The molecule has 1 saturated heterocycles. The second-order valence-corrected chi connectivity index (χ2v) is 2.87. The summed E-state index contributed by atoms with van der Waals surface area (Å²) in [7, 11) is 0. The topological polar surface area (TPSA) is 97.5 Å². The first-order valence-electron chi connectivity index (χ1n) is 3.65. The maximum atomic E-state index is 9.21. The minimum atomic E-state index is -1.13. The van der Waals surface area contributed by atoms with Crippen LogP contribution in [-0.2, 0) is 0 Å². The summed E-state index contributed by atoms with van der Waals surface area (Å²) in [6, 6.07) is -0.409. The van der Waals surface area contributed by atoms with E-state index in [1.807, 2.05) is 0 Å². The van der Waals surface area contributed by atoms with E-state index < -0.39 is 24.4 Å². The molecule has 4 unspecified atom stereocenters. The molecule has 66 valence electrons. The maximum Gasteiger partial charge on any atom is 0.138 e. The second kappa shape index (κ2) is 3.46. The van der Waals surface area contributed by atoms with Crippen molar-refractivity contribution in [3.8, 4) is 0 Å². The van der Waals surface area contributed by atoms with Gasteiger partial charge in [-0.05, 0) is 0 Å². The molecule has 1 heterocycles. The molecule has 0 bridgehead atoms. The van der Waals surface area contributed by atoms with Crippen LogP contribution in [0.25, 0.3) is 0 Å². The monoisotopic (exact) mass is 164 g/mol. The summed E-state index contributed by atoms with van der Waals surface area (Å²) < 4.78 is 0. The molecular weight excluding hydrogens is 150 g/mol. The molecule has 0 spiro atoms. The van der Waals surface area contributed by atoms with Crippen LogP contribution in [0.2, 0.25) is 0 Å². The van der Waals surface area contributed by atoms with E-state index >= 15 is 0 Å². The van der Waals surface area contributed by atoms with Crippen molar-refractivity contribution in [2.45, 2.75) is 24.4 Å². The van der Waals surface area contributed by atoms with Gasteiger partial charge in [0.2, 0.25) is 0 Å². The van der Waals surface area contributed by atoms with Crippen LogP contribution in [0.5, 0.6) is 0 Å². The number of nitrogens with two attached hydrogens (primary N) is 1. The second-order valence-electron chi connectivity index (χ2n) is 2.87. The fourth-order valence-corrected chi connectivity index (χ4v) is 1.26. The zero-order chi connectivity index (χ0) is 8.43. The highest BCUT2D eigenvalue weighted by Crippen LogP contribution is 2.04. The number of quaternary nitrogens is 1. The molecular formula is C6H14NO4+. The van der Waals surface area contributed by atoms with E-state index in [1.165, 1.54) is 0 Å². The molecule has 0 aromatic carbocycles. The molecule has 5 nitrogen and oxygen atoms in total. The van der Waals surface area contributed by atoms with E-state index in [-0.39, 0.29) is 6.61 Å². The van der Waals surface area contributed by atoms with Gasteiger partial charge in [-0.3, -0.25) is 0 Å². The Morgan fingerprint density at radius 2 is 1.82 bits per heavy atom. The van der Waals surface area contributed by atoms with Gasteiger partial charge in [0.15, 0.2) is 0 Å². The zero-order valence-corrected chi connectivity index (χ0v) is 6.09. The summed E-state index contributed by atoms with van der Waals surface area (Å²) in [5.74, 6) is 0. The number of hydrogen-bond acceptors (Lipinski definition) is 4. The van der Waals surface area contributed by atoms with Crippen LogP contribution in [0.1, 0.15) is 0 Å². The molecule has 0 aliphatic carbocycles. The summed E-state index contributed by atoms with van der Waals surface area (Å²) >= 11 is 0. The van der Waals surface area contributed by atoms with Crippen LogP contribution in [0.3, 0.4) is 0 Å². The first kappa shape index (κ1) is 8.89. The van der Waals surface area contributed by atoms with Gasteiger partial charge in [0, 0.05) is 0 Å². The van der Waals surface area contributed by atoms with E-state index in [9.17, 15) is 5.11 Å². The Morgan fingerprint density at radius 3 is 2.36 bits per heavy atom. The molecule has 0 radical (unpaired) electrons. The SMILES string of the molecule is OCC1[NH2+]CC(O)C(O)C1O. The molecule has 4 atom stereocenters. The van der Waals surface area contributed by atoms with E-state index in [2.05, 4.69) is 0 Å². The van der Waals surface area contributed by atoms with Crippen LogP contribution >= 0.6 is 0 Å². The van der Waals surface area contributed by atoms with Crippen LogP contribution in [-0.4, -0.2) is 57.9 Å².